The Morgan fingerprint density at radius 1 is 1.45 bits per heavy atom. The summed E-state index contributed by atoms with van der Waals surface area (Å²) in [4.78, 5) is 14.0. The van der Waals surface area contributed by atoms with Crippen LogP contribution in [0.4, 0.5) is 5.69 Å². The van der Waals surface area contributed by atoms with E-state index in [1.807, 2.05) is 0 Å². The van der Waals surface area contributed by atoms with Crippen LogP contribution in [0.1, 0.15) is 17.3 Å². The van der Waals surface area contributed by atoms with Gasteiger partial charge in [0, 0.05) is 18.2 Å². The van der Waals surface area contributed by atoms with Crippen LogP contribution >= 0.6 is 0 Å². The number of benzene rings is 1. The van der Waals surface area contributed by atoms with Gasteiger partial charge in [0.1, 0.15) is 5.75 Å². The summed E-state index contributed by atoms with van der Waals surface area (Å²) in [7, 11) is -1.53. The van der Waals surface area contributed by atoms with Crippen LogP contribution in [-0.4, -0.2) is 50.4 Å². The molecule has 0 aliphatic carbocycles. The zero-order valence-electron chi connectivity index (χ0n) is 11.5. The van der Waals surface area contributed by atoms with Crippen LogP contribution in [0.25, 0.3) is 0 Å². The molecule has 1 aliphatic heterocycles. The predicted octanol–water partition coefficient (Wildman–Crippen LogP) is 0.536. The van der Waals surface area contributed by atoms with Crippen molar-refractivity contribution in [3.63, 3.8) is 0 Å². The monoisotopic (exact) mass is 298 g/mol. The SMILES string of the molecule is COc1ccc(C(=O)N2CCS(=O)(=O)CC2C)cc1N. The van der Waals surface area contributed by atoms with Crippen molar-refractivity contribution >= 4 is 21.4 Å². The Labute approximate surface area is 118 Å². The van der Waals surface area contributed by atoms with Crippen molar-refractivity contribution in [2.45, 2.75) is 13.0 Å². The van der Waals surface area contributed by atoms with E-state index in [9.17, 15) is 13.2 Å². The molecule has 6 nitrogen and oxygen atoms in total. The Bertz CT molecular complexity index is 627. The van der Waals surface area contributed by atoms with E-state index in [0.717, 1.165) is 0 Å². The molecule has 1 fully saturated rings. The van der Waals surface area contributed by atoms with E-state index in [1.54, 1.807) is 30.0 Å². The molecular formula is C13H18N2O4S. The largest absolute Gasteiger partial charge is 0.495 e. The highest BCUT2D eigenvalue weighted by Gasteiger charge is 2.31. The minimum Gasteiger partial charge on any atom is -0.495 e. The molecule has 1 unspecified atom stereocenters. The van der Waals surface area contributed by atoms with E-state index < -0.39 is 9.84 Å². The summed E-state index contributed by atoms with van der Waals surface area (Å²) in [5.41, 5.74) is 6.61. The molecule has 7 heteroatoms. The maximum absolute atomic E-state index is 12.4. The third kappa shape index (κ3) is 2.87. The van der Waals surface area contributed by atoms with Gasteiger partial charge < -0.3 is 15.4 Å². The molecule has 1 aromatic carbocycles. The van der Waals surface area contributed by atoms with Crippen molar-refractivity contribution in [1.29, 1.82) is 0 Å². The summed E-state index contributed by atoms with van der Waals surface area (Å²) in [5.74, 6) is 0.316. The number of hydrogen-bond donors (Lipinski definition) is 1. The van der Waals surface area contributed by atoms with Crippen LogP contribution in [0.5, 0.6) is 5.75 Å². The lowest BCUT2D eigenvalue weighted by Crippen LogP contribution is -2.49. The van der Waals surface area contributed by atoms with Crippen molar-refractivity contribution in [2.24, 2.45) is 0 Å². The number of nitrogens with two attached hydrogens (primary N) is 1. The smallest absolute Gasteiger partial charge is 0.254 e. The summed E-state index contributed by atoms with van der Waals surface area (Å²) < 4.78 is 28.1. The average molecular weight is 298 g/mol. The number of anilines is 1. The number of carbonyl (C=O) groups excluding carboxylic acids is 1. The first-order valence-corrected chi connectivity index (χ1v) is 8.11. The quantitative estimate of drug-likeness (QED) is 0.805. The molecule has 110 valence electrons. The molecule has 0 radical (unpaired) electrons. The van der Waals surface area contributed by atoms with Crippen LogP contribution in [-0.2, 0) is 9.84 Å². The number of nitrogens with zero attached hydrogens (tertiary/aromatic N) is 1. The van der Waals surface area contributed by atoms with Gasteiger partial charge in [-0.25, -0.2) is 8.42 Å². The zero-order chi connectivity index (χ0) is 14.9. The lowest BCUT2D eigenvalue weighted by molar-refractivity contribution is 0.0712. The fourth-order valence-electron chi connectivity index (χ4n) is 2.33. The molecule has 1 saturated heterocycles. The van der Waals surface area contributed by atoms with Gasteiger partial charge in [-0.2, -0.15) is 0 Å². The van der Waals surface area contributed by atoms with Crippen LogP contribution in [0.3, 0.4) is 0 Å². The molecule has 0 saturated carbocycles. The number of sulfone groups is 1. The van der Waals surface area contributed by atoms with Gasteiger partial charge in [-0.1, -0.05) is 0 Å². The Kier molecular flexibility index (Phi) is 3.89. The number of rotatable bonds is 2. The van der Waals surface area contributed by atoms with Gasteiger partial charge >= 0.3 is 0 Å². The molecular weight excluding hydrogens is 280 g/mol. The summed E-state index contributed by atoms with van der Waals surface area (Å²) >= 11 is 0. The van der Waals surface area contributed by atoms with E-state index in [0.29, 0.717) is 17.0 Å². The molecule has 2 N–H and O–H groups in total. The fraction of sp³-hybridized carbons (Fsp3) is 0.462. The van der Waals surface area contributed by atoms with Crippen molar-refractivity contribution in [3.05, 3.63) is 23.8 Å². The second-order valence-corrected chi connectivity index (χ2v) is 7.15. The third-order valence-corrected chi connectivity index (χ3v) is 5.20. The van der Waals surface area contributed by atoms with Crippen molar-refractivity contribution in [3.8, 4) is 5.75 Å². The van der Waals surface area contributed by atoms with Gasteiger partial charge in [-0.15, -0.1) is 0 Å². The molecule has 0 spiro atoms. The van der Waals surface area contributed by atoms with Gasteiger partial charge in [0.15, 0.2) is 9.84 Å². The Morgan fingerprint density at radius 3 is 2.70 bits per heavy atom. The fourth-order valence-corrected chi connectivity index (χ4v) is 3.89. The molecule has 1 aromatic rings. The maximum Gasteiger partial charge on any atom is 0.254 e. The molecule has 2 rings (SSSR count). The lowest BCUT2D eigenvalue weighted by atomic mass is 10.1. The molecule has 1 amide bonds. The number of hydrogen-bond acceptors (Lipinski definition) is 5. The van der Waals surface area contributed by atoms with Crippen molar-refractivity contribution in [1.82, 2.24) is 4.90 Å². The second kappa shape index (κ2) is 5.32. The maximum atomic E-state index is 12.4. The minimum absolute atomic E-state index is 0.00434. The van der Waals surface area contributed by atoms with Gasteiger partial charge in [-0.05, 0) is 25.1 Å². The Morgan fingerprint density at radius 2 is 2.15 bits per heavy atom. The first kappa shape index (κ1) is 14.6. The average Bonchev–Trinajstić information content (AvgIpc) is 2.37. The molecule has 20 heavy (non-hydrogen) atoms. The summed E-state index contributed by atoms with van der Waals surface area (Å²) in [6.45, 7) is 1.95. The van der Waals surface area contributed by atoms with Gasteiger partial charge in [0.2, 0.25) is 0 Å². The third-order valence-electron chi connectivity index (χ3n) is 3.41. The van der Waals surface area contributed by atoms with E-state index in [4.69, 9.17) is 10.5 Å². The van der Waals surface area contributed by atoms with Gasteiger partial charge in [-0.3, -0.25) is 4.79 Å². The number of amides is 1. The van der Waals surface area contributed by atoms with Gasteiger partial charge in [0.05, 0.1) is 24.3 Å². The number of nitrogen functional groups attached to an aromatic ring is 1. The molecule has 0 aromatic heterocycles. The van der Waals surface area contributed by atoms with E-state index in [2.05, 4.69) is 0 Å². The lowest BCUT2D eigenvalue weighted by Gasteiger charge is -2.33. The van der Waals surface area contributed by atoms with Crippen molar-refractivity contribution in [2.75, 3.05) is 30.9 Å². The Balaban J connectivity index is 2.22. The highest BCUT2D eigenvalue weighted by molar-refractivity contribution is 7.91. The molecule has 1 heterocycles. The minimum atomic E-state index is -3.04. The molecule has 0 bridgehead atoms. The number of carbonyl (C=O) groups is 1. The summed E-state index contributed by atoms with van der Waals surface area (Å²) in [5, 5.41) is 0. The number of ether oxygens (including phenoxy) is 1. The van der Waals surface area contributed by atoms with E-state index >= 15 is 0 Å². The highest BCUT2D eigenvalue weighted by atomic mass is 32.2. The summed E-state index contributed by atoms with van der Waals surface area (Å²) in [6, 6.07) is 4.49. The standard InChI is InChI=1S/C13H18N2O4S/c1-9-8-20(17,18)6-5-15(9)13(16)10-3-4-12(19-2)11(14)7-10/h3-4,7,9H,5-6,8,14H2,1-2H3. The normalized spacial score (nSPS) is 21.5. The van der Waals surface area contributed by atoms with Crippen LogP contribution in [0, 0.1) is 0 Å². The number of methoxy groups -OCH3 is 1. The first-order valence-electron chi connectivity index (χ1n) is 6.29. The van der Waals surface area contributed by atoms with Crippen LogP contribution < -0.4 is 10.5 Å². The molecule has 1 atom stereocenters. The highest BCUT2D eigenvalue weighted by Crippen LogP contribution is 2.24. The van der Waals surface area contributed by atoms with Crippen LogP contribution in [0.15, 0.2) is 18.2 Å². The Hall–Kier alpha value is -1.76. The van der Waals surface area contributed by atoms with E-state index in [-0.39, 0.29) is 30.0 Å². The first-order chi connectivity index (χ1) is 9.34. The van der Waals surface area contributed by atoms with E-state index in [1.165, 1.54) is 7.11 Å². The van der Waals surface area contributed by atoms with Crippen LogP contribution in [0.2, 0.25) is 0 Å². The molecule has 1 aliphatic rings. The van der Waals surface area contributed by atoms with Crippen molar-refractivity contribution < 1.29 is 17.9 Å². The zero-order valence-corrected chi connectivity index (χ0v) is 12.3. The topological polar surface area (TPSA) is 89.7 Å². The predicted molar refractivity (Wildman–Crippen MR) is 76.6 cm³/mol. The van der Waals surface area contributed by atoms with Gasteiger partial charge in [0.25, 0.3) is 5.91 Å². The summed E-state index contributed by atoms with van der Waals surface area (Å²) in [6.07, 6.45) is 0. The second-order valence-electron chi connectivity index (χ2n) is 4.92.